The Labute approximate surface area is 102 Å². The number of ether oxygens (including phenoxy) is 1. The second-order valence-electron chi connectivity index (χ2n) is 4.72. The number of rotatable bonds is 1. The summed E-state index contributed by atoms with van der Waals surface area (Å²) in [6.45, 7) is 4.17. The van der Waals surface area contributed by atoms with Crippen molar-refractivity contribution in [1.82, 2.24) is 4.90 Å². The Morgan fingerprint density at radius 1 is 1.18 bits per heavy atom. The van der Waals surface area contributed by atoms with Crippen LogP contribution in [0.1, 0.15) is 33.1 Å². The van der Waals surface area contributed by atoms with Gasteiger partial charge >= 0.3 is 6.09 Å². The summed E-state index contributed by atoms with van der Waals surface area (Å²) in [6.07, 6.45) is 3.09. The molecule has 1 aliphatic rings. The third kappa shape index (κ3) is 2.78. The van der Waals surface area contributed by atoms with E-state index in [2.05, 4.69) is 13.8 Å². The van der Waals surface area contributed by atoms with E-state index in [-0.39, 0.29) is 18.2 Å². The first-order valence-electron chi connectivity index (χ1n) is 6.23. The number of piperidine rings is 1. The van der Waals surface area contributed by atoms with E-state index < -0.39 is 0 Å². The summed E-state index contributed by atoms with van der Waals surface area (Å²) in [4.78, 5) is 13.9. The van der Waals surface area contributed by atoms with Crippen LogP contribution in [0.2, 0.25) is 0 Å². The highest BCUT2D eigenvalue weighted by atomic mass is 16.6. The van der Waals surface area contributed by atoms with Gasteiger partial charge in [-0.05, 0) is 45.2 Å². The SMILES string of the molecule is C[C@H]1CCC[C@H](C)N1C(=O)Oc1ccccc1. The summed E-state index contributed by atoms with van der Waals surface area (Å²) in [5, 5.41) is 0. The fraction of sp³-hybridized carbons (Fsp3) is 0.500. The van der Waals surface area contributed by atoms with Crippen LogP contribution >= 0.6 is 0 Å². The molecule has 0 aromatic heterocycles. The van der Waals surface area contributed by atoms with Crippen molar-refractivity contribution in [2.45, 2.75) is 45.2 Å². The minimum atomic E-state index is -0.226. The Balaban J connectivity index is 2.04. The Hall–Kier alpha value is -1.51. The Morgan fingerprint density at radius 2 is 1.76 bits per heavy atom. The van der Waals surface area contributed by atoms with Crippen molar-refractivity contribution >= 4 is 6.09 Å². The third-order valence-electron chi connectivity index (χ3n) is 3.35. The van der Waals surface area contributed by atoms with Gasteiger partial charge in [-0.25, -0.2) is 4.79 Å². The van der Waals surface area contributed by atoms with Gasteiger partial charge in [-0.1, -0.05) is 18.2 Å². The molecule has 1 amide bonds. The molecule has 0 N–H and O–H groups in total. The van der Waals surface area contributed by atoms with Gasteiger partial charge in [0.15, 0.2) is 0 Å². The van der Waals surface area contributed by atoms with E-state index in [0.29, 0.717) is 5.75 Å². The topological polar surface area (TPSA) is 29.5 Å². The number of hydrogen-bond donors (Lipinski definition) is 0. The molecule has 1 heterocycles. The zero-order valence-electron chi connectivity index (χ0n) is 10.4. The van der Waals surface area contributed by atoms with Crippen LogP contribution in [0.3, 0.4) is 0 Å². The number of para-hydroxylation sites is 1. The molecular formula is C14H19NO2. The quantitative estimate of drug-likeness (QED) is 0.743. The van der Waals surface area contributed by atoms with Crippen LogP contribution in [0.15, 0.2) is 30.3 Å². The van der Waals surface area contributed by atoms with Crippen LogP contribution in [0, 0.1) is 0 Å². The van der Waals surface area contributed by atoms with Gasteiger partial charge in [0.1, 0.15) is 5.75 Å². The third-order valence-corrected chi connectivity index (χ3v) is 3.35. The lowest BCUT2D eigenvalue weighted by Gasteiger charge is -2.37. The molecule has 2 rings (SSSR count). The van der Waals surface area contributed by atoms with Crippen molar-refractivity contribution in [3.05, 3.63) is 30.3 Å². The smallest absolute Gasteiger partial charge is 0.410 e. The van der Waals surface area contributed by atoms with E-state index in [9.17, 15) is 4.79 Å². The lowest BCUT2D eigenvalue weighted by molar-refractivity contribution is 0.0894. The van der Waals surface area contributed by atoms with Gasteiger partial charge in [-0.3, -0.25) is 0 Å². The molecule has 1 fully saturated rings. The van der Waals surface area contributed by atoms with Crippen LogP contribution in [-0.4, -0.2) is 23.1 Å². The van der Waals surface area contributed by atoms with Gasteiger partial charge in [-0.2, -0.15) is 0 Å². The fourth-order valence-corrected chi connectivity index (χ4v) is 2.42. The zero-order valence-corrected chi connectivity index (χ0v) is 10.4. The van der Waals surface area contributed by atoms with E-state index in [1.54, 1.807) is 12.1 Å². The van der Waals surface area contributed by atoms with Gasteiger partial charge in [0.05, 0.1) is 0 Å². The summed E-state index contributed by atoms with van der Waals surface area (Å²) in [6, 6.07) is 9.79. The largest absolute Gasteiger partial charge is 0.415 e. The predicted octanol–water partition coefficient (Wildman–Crippen LogP) is 3.45. The average Bonchev–Trinajstić information content (AvgIpc) is 2.30. The second kappa shape index (κ2) is 5.21. The maximum absolute atomic E-state index is 12.1. The maximum Gasteiger partial charge on any atom is 0.415 e. The van der Waals surface area contributed by atoms with Gasteiger partial charge in [0, 0.05) is 12.1 Å². The Bertz CT molecular complexity index is 367. The molecule has 2 atom stereocenters. The summed E-state index contributed by atoms with van der Waals surface area (Å²) >= 11 is 0. The molecule has 0 spiro atoms. The highest BCUT2D eigenvalue weighted by molar-refractivity contribution is 5.71. The molecule has 1 aromatic rings. The van der Waals surface area contributed by atoms with Gasteiger partial charge in [0.25, 0.3) is 0 Å². The molecule has 1 aromatic carbocycles. The highest BCUT2D eigenvalue weighted by Gasteiger charge is 2.30. The summed E-state index contributed by atoms with van der Waals surface area (Å²) < 4.78 is 5.38. The highest BCUT2D eigenvalue weighted by Crippen LogP contribution is 2.24. The standard InChI is InChI=1S/C14H19NO2/c1-11-7-6-8-12(2)15(11)14(16)17-13-9-4-3-5-10-13/h3-5,9-12H,6-8H2,1-2H3/t11-,12-/m0/s1. The maximum atomic E-state index is 12.1. The molecule has 3 nitrogen and oxygen atoms in total. The molecule has 92 valence electrons. The predicted molar refractivity (Wildman–Crippen MR) is 67.1 cm³/mol. The summed E-state index contributed by atoms with van der Waals surface area (Å²) in [5.74, 6) is 0.613. The van der Waals surface area contributed by atoms with E-state index in [4.69, 9.17) is 4.74 Å². The van der Waals surface area contributed by atoms with E-state index >= 15 is 0 Å². The van der Waals surface area contributed by atoms with E-state index in [1.807, 2.05) is 23.1 Å². The lowest BCUT2D eigenvalue weighted by Crippen LogP contribution is -2.48. The number of benzene rings is 1. The lowest BCUT2D eigenvalue weighted by atomic mass is 9.98. The number of carbonyl (C=O) groups excluding carboxylic acids is 1. The number of likely N-dealkylation sites (tertiary alicyclic amines) is 1. The normalized spacial score (nSPS) is 24.5. The second-order valence-corrected chi connectivity index (χ2v) is 4.72. The number of nitrogens with zero attached hydrogens (tertiary/aromatic N) is 1. The van der Waals surface area contributed by atoms with Gasteiger partial charge in [0.2, 0.25) is 0 Å². The van der Waals surface area contributed by atoms with E-state index in [0.717, 1.165) is 12.8 Å². The molecule has 0 aliphatic carbocycles. The van der Waals surface area contributed by atoms with Crippen molar-refractivity contribution in [2.24, 2.45) is 0 Å². The number of hydrogen-bond acceptors (Lipinski definition) is 2. The van der Waals surface area contributed by atoms with Crippen molar-refractivity contribution < 1.29 is 9.53 Å². The summed E-state index contributed by atoms with van der Waals surface area (Å²) in [7, 11) is 0. The average molecular weight is 233 g/mol. The zero-order chi connectivity index (χ0) is 12.3. The van der Waals surface area contributed by atoms with Gasteiger partial charge in [-0.15, -0.1) is 0 Å². The van der Waals surface area contributed by atoms with Crippen molar-refractivity contribution in [2.75, 3.05) is 0 Å². The van der Waals surface area contributed by atoms with Crippen molar-refractivity contribution in [3.63, 3.8) is 0 Å². The first kappa shape index (κ1) is 12.0. The first-order chi connectivity index (χ1) is 8.18. The molecular weight excluding hydrogens is 214 g/mol. The van der Waals surface area contributed by atoms with Crippen LogP contribution in [0.5, 0.6) is 5.75 Å². The molecule has 0 bridgehead atoms. The molecule has 0 unspecified atom stereocenters. The molecule has 0 radical (unpaired) electrons. The minimum Gasteiger partial charge on any atom is -0.410 e. The minimum absolute atomic E-state index is 0.226. The Morgan fingerprint density at radius 3 is 2.35 bits per heavy atom. The monoisotopic (exact) mass is 233 g/mol. The molecule has 1 aliphatic heterocycles. The summed E-state index contributed by atoms with van der Waals surface area (Å²) in [5.41, 5.74) is 0. The number of carbonyl (C=O) groups is 1. The fourth-order valence-electron chi connectivity index (χ4n) is 2.42. The first-order valence-corrected chi connectivity index (χ1v) is 6.23. The van der Waals surface area contributed by atoms with Gasteiger partial charge < -0.3 is 9.64 Å². The molecule has 1 saturated heterocycles. The van der Waals surface area contributed by atoms with Crippen molar-refractivity contribution in [1.29, 1.82) is 0 Å². The van der Waals surface area contributed by atoms with E-state index in [1.165, 1.54) is 6.42 Å². The Kier molecular flexibility index (Phi) is 3.67. The molecule has 17 heavy (non-hydrogen) atoms. The number of amides is 1. The van der Waals surface area contributed by atoms with Crippen molar-refractivity contribution in [3.8, 4) is 5.75 Å². The van der Waals surface area contributed by atoms with Crippen LogP contribution in [-0.2, 0) is 0 Å². The van der Waals surface area contributed by atoms with Crippen LogP contribution in [0.25, 0.3) is 0 Å². The van der Waals surface area contributed by atoms with Crippen LogP contribution < -0.4 is 4.74 Å². The molecule has 0 saturated carbocycles. The molecule has 3 heteroatoms. The van der Waals surface area contributed by atoms with Crippen LogP contribution in [0.4, 0.5) is 4.79 Å².